The third kappa shape index (κ3) is 4.54. The van der Waals surface area contributed by atoms with Gasteiger partial charge in [-0.3, -0.25) is 9.78 Å². The molecule has 5 atom stereocenters. The van der Waals surface area contributed by atoms with Crippen LogP contribution in [0.15, 0.2) is 69.9 Å². The number of aliphatic hydroxyl groups is 1. The minimum Gasteiger partial charge on any atom is -0.455 e. The molecule has 2 aromatic carbocycles. The van der Waals surface area contributed by atoms with Crippen molar-refractivity contribution >= 4 is 38.4 Å². The second-order valence-corrected chi connectivity index (χ2v) is 12.2. The number of halogens is 1. The fourth-order valence-corrected chi connectivity index (χ4v) is 6.28. The highest BCUT2D eigenvalue weighted by Crippen LogP contribution is 2.39. The molecule has 2 aromatic heterocycles. The van der Waals surface area contributed by atoms with Crippen molar-refractivity contribution in [3.63, 3.8) is 0 Å². The summed E-state index contributed by atoms with van der Waals surface area (Å²) in [5.41, 5.74) is 1.04. The number of nitrogens with zero attached hydrogens (tertiary/aromatic N) is 3. The van der Waals surface area contributed by atoms with Crippen LogP contribution in [0.2, 0.25) is 5.02 Å². The van der Waals surface area contributed by atoms with Crippen LogP contribution in [0, 0.1) is 12.3 Å². The summed E-state index contributed by atoms with van der Waals surface area (Å²) < 4.78 is 34.3. The second kappa shape index (κ2) is 9.99. The maximum Gasteiger partial charge on any atom is 0.296 e. The molecule has 204 valence electrons. The number of imidazole rings is 1. The van der Waals surface area contributed by atoms with Crippen LogP contribution in [-0.4, -0.2) is 73.6 Å². The number of carbonyl (C=O) groups is 1. The molecule has 4 heterocycles. The Bertz CT molecular complexity index is 1780. The number of aliphatic hydroxyl groups excluding tert-OH is 1. The lowest BCUT2D eigenvalue weighted by atomic mass is 9.93. The highest BCUT2D eigenvalue weighted by atomic mass is 35.5. The van der Waals surface area contributed by atoms with E-state index < -0.39 is 39.5 Å². The van der Waals surface area contributed by atoms with Crippen molar-refractivity contribution < 1.29 is 28.3 Å². The fourth-order valence-electron chi connectivity index (χ4n) is 4.84. The number of benzene rings is 2. The summed E-state index contributed by atoms with van der Waals surface area (Å²) >= 11 is 6.53. The van der Waals surface area contributed by atoms with E-state index in [1.165, 1.54) is 6.26 Å². The fraction of sp³-hybridized carbons (Fsp3) is 0.250. The maximum absolute atomic E-state index is 13.0. The molecule has 2 N–H and O–H groups in total. The highest BCUT2D eigenvalue weighted by molar-refractivity contribution is 7.93. The highest BCUT2D eigenvalue weighted by Gasteiger charge is 2.61. The monoisotopic (exact) mass is 578 g/mol. The Morgan fingerprint density at radius 3 is 2.70 bits per heavy atom. The molecule has 2 unspecified atom stereocenters. The number of pyridine rings is 1. The molecule has 2 saturated heterocycles. The van der Waals surface area contributed by atoms with E-state index in [2.05, 4.69) is 25.2 Å². The first-order valence-electron chi connectivity index (χ1n) is 12.3. The Morgan fingerprint density at radius 1 is 1.23 bits per heavy atom. The minimum absolute atomic E-state index is 0.0538. The van der Waals surface area contributed by atoms with Gasteiger partial charge in [-0.25, -0.2) is 9.19 Å². The van der Waals surface area contributed by atoms with Crippen LogP contribution in [-0.2, 0) is 19.2 Å². The van der Waals surface area contributed by atoms with Crippen molar-refractivity contribution in [3.8, 4) is 29.6 Å². The Morgan fingerprint density at radius 2 is 1.98 bits per heavy atom. The van der Waals surface area contributed by atoms with Crippen molar-refractivity contribution in [1.29, 1.82) is 0 Å². The van der Waals surface area contributed by atoms with Crippen LogP contribution in [0.4, 0.5) is 0 Å². The summed E-state index contributed by atoms with van der Waals surface area (Å²) in [5.74, 6) is 2.00. The van der Waals surface area contributed by atoms with Crippen LogP contribution in [0.5, 0.6) is 6.01 Å². The molecule has 0 bridgehead atoms. The van der Waals surface area contributed by atoms with E-state index in [1.54, 1.807) is 60.7 Å². The minimum atomic E-state index is -2.89. The van der Waals surface area contributed by atoms with E-state index in [1.807, 2.05) is 0 Å². The average Bonchev–Trinajstić information content (AvgIpc) is 3.62. The van der Waals surface area contributed by atoms with Crippen LogP contribution in [0.25, 0.3) is 22.4 Å². The molecule has 10 nitrogen and oxygen atoms in total. The largest absolute Gasteiger partial charge is 0.455 e. The van der Waals surface area contributed by atoms with Gasteiger partial charge in [-0.05, 0) is 30.3 Å². The normalized spacial score (nSPS) is 25.2. The van der Waals surface area contributed by atoms with Crippen LogP contribution in [0.1, 0.15) is 10.4 Å². The van der Waals surface area contributed by atoms with Gasteiger partial charge in [-0.1, -0.05) is 47.9 Å². The van der Waals surface area contributed by atoms with Crippen molar-refractivity contribution in [2.75, 3.05) is 19.5 Å². The van der Waals surface area contributed by atoms with Crippen LogP contribution in [0.3, 0.4) is 0 Å². The Labute approximate surface area is 234 Å². The number of hydrogen-bond acceptors (Lipinski definition) is 8. The summed E-state index contributed by atoms with van der Waals surface area (Å²) in [6, 6.07) is 17.0. The van der Waals surface area contributed by atoms with E-state index in [4.69, 9.17) is 32.2 Å². The summed E-state index contributed by atoms with van der Waals surface area (Å²) in [7, 11) is -2.89. The number of nitrogens with one attached hydrogen (secondary N) is 1. The van der Waals surface area contributed by atoms with Crippen molar-refractivity contribution in [3.05, 3.63) is 71.2 Å². The number of H-pyrrole nitrogens is 1. The number of hydrogen-bond donors (Lipinski definition) is 2. The van der Waals surface area contributed by atoms with Gasteiger partial charge in [0.25, 0.3) is 11.9 Å². The standard InChI is InChI=1S/C28H23ClN4O6S/c1-3-28-22(15-37-24(28)21(34)14-38-28)39-27-30-20-13-19(29)23(31-25(20)32-27)16-9-11-17(12-10-16)26(35)33-40(2,36)18-7-5-4-6-8-18/h1,4-13,21-22,24,34H,14-15H2,2H3,(H,30,31,32)/t21-,22-,24-,28?,40?/m1/s1. The number of fused-ring (bicyclic) bond motifs is 2. The molecule has 2 aliphatic heterocycles. The Kier molecular flexibility index (Phi) is 6.60. The smallest absolute Gasteiger partial charge is 0.296 e. The molecule has 6 rings (SSSR count). The molecule has 2 aliphatic rings. The number of terminal acetylenes is 1. The molecule has 1 amide bonds. The molecular formula is C28H23ClN4O6S. The number of aromatic amines is 1. The molecule has 2 fully saturated rings. The van der Waals surface area contributed by atoms with Gasteiger partial charge in [0.2, 0.25) is 0 Å². The third-order valence-electron chi connectivity index (χ3n) is 6.90. The van der Waals surface area contributed by atoms with Gasteiger partial charge >= 0.3 is 0 Å². The van der Waals surface area contributed by atoms with Gasteiger partial charge in [0.1, 0.15) is 17.7 Å². The van der Waals surface area contributed by atoms with E-state index in [0.717, 1.165) is 0 Å². The van der Waals surface area contributed by atoms with Crippen molar-refractivity contribution in [1.82, 2.24) is 15.0 Å². The predicted octanol–water partition coefficient (Wildman–Crippen LogP) is 3.48. The van der Waals surface area contributed by atoms with Gasteiger partial charge in [0.05, 0.1) is 33.7 Å². The Hall–Kier alpha value is -3.79. The zero-order chi connectivity index (χ0) is 28.1. The predicted molar refractivity (Wildman–Crippen MR) is 148 cm³/mol. The molecule has 0 radical (unpaired) electrons. The zero-order valence-electron chi connectivity index (χ0n) is 21.1. The molecule has 40 heavy (non-hydrogen) atoms. The van der Waals surface area contributed by atoms with E-state index in [0.29, 0.717) is 32.3 Å². The van der Waals surface area contributed by atoms with Gasteiger partial charge in [-0.15, -0.1) is 6.42 Å². The summed E-state index contributed by atoms with van der Waals surface area (Å²) in [5, 5.41) is 10.5. The van der Waals surface area contributed by atoms with Crippen LogP contribution >= 0.6 is 11.6 Å². The number of ether oxygens (including phenoxy) is 3. The van der Waals surface area contributed by atoms with Gasteiger partial charge in [0, 0.05) is 22.3 Å². The molecule has 12 heteroatoms. The summed E-state index contributed by atoms with van der Waals surface area (Å²) in [6.07, 6.45) is 4.96. The third-order valence-corrected chi connectivity index (χ3v) is 8.85. The van der Waals surface area contributed by atoms with Gasteiger partial charge in [0.15, 0.2) is 17.4 Å². The first-order valence-corrected chi connectivity index (χ1v) is 14.6. The van der Waals surface area contributed by atoms with Gasteiger partial charge in [-0.2, -0.15) is 9.35 Å². The lowest BCUT2D eigenvalue weighted by Crippen LogP contribution is -2.48. The maximum atomic E-state index is 13.0. The first kappa shape index (κ1) is 26.4. The summed E-state index contributed by atoms with van der Waals surface area (Å²) in [6.45, 7) is 0.177. The van der Waals surface area contributed by atoms with Crippen molar-refractivity contribution in [2.45, 2.75) is 28.8 Å². The molecular weight excluding hydrogens is 556 g/mol. The SMILES string of the molecule is C#CC12OC[C@@H](O)[C@H]1OC[C@H]2Oc1nc2cc(Cl)c(-c3ccc(C(=O)N=S(C)(=O)c4ccccc4)cc3)nc2[nH]1. The molecule has 0 aliphatic carbocycles. The lowest BCUT2D eigenvalue weighted by Gasteiger charge is -2.26. The lowest BCUT2D eigenvalue weighted by molar-refractivity contribution is -0.0252. The average molecular weight is 579 g/mol. The summed E-state index contributed by atoms with van der Waals surface area (Å²) in [4.78, 5) is 25.3. The molecule has 0 spiro atoms. The van der Waals surface area contributed by atoms with E-state index >= 15 is 0 Å². The zero-order valence-corrected chi connectivity index (χ0v) is 22.7. The topological polar surface area (TPSA) is 136 Å². The number of aromatic nitrogens is 3. The Balaban J connectivity index is 1.24. The van der Waals surface area contributed by atoms with Crippen molar-refractivity contribution in [2.24, 2.45) is 4.36 Å². The van der Waals surface area contributed by atoms with E-state index in [9.17, 15) is 14.1 Å². The van der Waals surface area contributed by atoms with E-state index in [-0.39, 0.29) is 24.8 Å². The second-order valence-electron chi connectivity index (χ2n) is 9.49. The van der Waals surface area contributed by atoms with Crippen LogP contribution < -0.4 is 4.74 Å². The number of amides is 1. The first-order chi connectivity index (χ1) is 19.2. The molecule has 0 saturated carbocycles. The number of carbonyl (C=O) groups excluding carboxylic acids is 1. The molecule has 4 aromatic rings. The number of rotatable bonds is 5. The quantitative estimate of drug-likeness (QED) is 0.344. The van der Waals surface area contributed by atoms with Gasteiger partial charge < -0.3 is 19.3 Å².